The van der Waals surface area contributed by atoms with E-state index in [4.69, 9.17) is 9.47 Å². The van der Waals surface area contributed by atoms with Crippen LogP contribution < -0.4 is 14.8 Å². The quantitative estimate of drug-likeness (QED) is 0.834. The summed E-state index contributed by atoms with van der Waals surface area (Å²) in [6.45, 7) is 0.490. The molecule has 0 spiro atoms. The summed E-state index contributed by atoms with van der Waals surface area (Å²) >= 11 is 0. The molecule has 2 aromatic rings. The molecule has 1 N–H and O–H groups in total. The zero-order chi connectivity index (χ0) is 18.4. The predicted octanol–water partition coefficient (Wildman–Crippen LogP) is 3.05. The van der Waals surface area contributed by atoms with Crippen molar-refractivity contribution in [1.82, 2.24) is 4.90 Å². The van der Waals surface area contributed by atoms with E-state index in [9.17, 15) is 13.6 Å². The van der Waals surface area contributed by atoms with Crippen molar-refractivity contribution in [3.8, 4) is 11.5 Å². The fourth-order valence-corrected chi connectivity index (χ4v) is 2.37. The highest BCUT2D eigenvalue weighted by atomic mass is 19.1. The number of nitrogens with zero attached hydrogens (tertiary/aromatic N) is 1. The third kappa shape index (κ3) is 5.15. The van der Waals surface area contributed by atoms with Gasteiger partial charge in [-0.1, -0.05) is 6.07 Å². The van der Waals surface area contributed by atoms with Gasteiger partial charge in [-0.25, -0.2) is 8.78 Å². The number of anilines is 1. The first kappa shape index (κ1) is 18.7. The highest BCUT2D eigenvalue weighted by molar-refractivity contribution is 5.92. The number of carbonyl (C=O) groups is 1. The van der Waals surface area contributed by atoms with Gasteiger partial charge in [-0.2, -0.15) is 0 Å². The van der Waals surface area contributed by atoms with Gasteiger partial charge in [-0.05, 0) is 36.9 Å². The van der Waals surface area contributed by atoms with E-state index in [-0.39, 0.29) is 12.2 Å². The molecule has 0 aromatic heterocycles. The van der Waals surface area contributed by atoms with Crippen molar-refractivity contribution in [2.24, 2.45) is 0 Å². The maximum Gasteiger partial charge on any atom is 0.238 e. The number of likely N-dealkylation sites (N-methyl/N-ethyl adjacent to an activating group) is 1. The van der Waals surface area contributed by atoms with Crippen LogP contribution in [-0.2, 0) is 11.3 Å². The number of benzene rings is 2. The van der Waals surface area contributed by atoms with Crippen molar-refractivity contribution in [2.45, 2.75) is 6.54 Å². The molecule has 0 fully saturated rings. The smallest absolute Gasteiger partial charge is 0.238 e. The molecule has 25 heavy (non-hydrogen) atoms. The van der Waals surface area contributed by atoms with E-state index in [2.05, 4.69) is 5.32 Å². The second-order valence-electron chi connectivity index (χ2n) is 5.53. The van der Waals surface area contributed by atoms with Gasteiger partial charge in [0.25, 0.3) is 0 Å². The SMILES string of the molecule is COc1ccc(CN(C)CC(=O)Nc2cc(F)ccc2F)cc1OC. The van der Waals surface area contributed by atoms with E-state index < -0.39 is 17.5 Å². The number of rotatable bonds is 7. The minimum absolute atomic E-state index is 0.0182. The van der Waals surface area contributed by atoms with Crippen molar-refractivity contribution in [3.05, 3.63) is 53.6 Å². The molecular weight excluding hydrogens is 330 g/mol. The average Bonchev–Trinajstić information content (AvgIpc) is 2.57. The zero-order valence-electron chi connectivity index (χ0n) is 14.3. The summed E-state index contributed by atoms with van der Waals surface area (Å²) in [6.07, 6.45) is 0. The molecule has 2 rings (SSSR count). The van der Waals surface area contributed by atoms with Crippen LogP contribution in [0.4, 0.5) is 14.5 Å². The van der Waals surface area contributed by atoms with Gasteiger partial charge < -0.3 is 14.8 Å². The van der Waals surface area contributed by atoms with Crippen molar-refractivity contribution >= 4 is 11.6 Å². The van der Waals surface area contributed by atoms with Crippen LogP contribution in [0.3, 0.4) is 0 Å². The maximum atomic E-state index is 13.5. The number of hydrogen-bond acceptors (Lipinski definition) is 4. The number of nitrogens with one attached hydrogen (secondary N) is 1. The van der Waals surface area contributed by atoms with Crippen molar-refractivity contribution < 1.29 is 23.0 Å². The zero-order valence-corrected chi connectivity index (χ0v) is 14.3. The van der Waals surface area contributed by atoms with Crippen molar-refractivity contribution in [2.75, 3.05) is 33.1 Å². The lowest BCUT2D eigenvalue weighted by molar-refractivity contribution is -0.117. The van der Waals surface area contributed by atoms with Crippen LogP contribution in [0.2, 0.25) is 0 Å². The van der Waals surface area contributed by atoms with E-state index in [1.54, 1.807) is 32.2 Å². The number of amides is 1. The van der Waals surface area contributed by atoms with Crippen LogP contribution in [0.15, 0.2) is 36.4 Å². The van der Waals surface area contributed by atoms with E-state index in [1.165, 1.54) is 0 Å². The lowest BCUT2D eigenvalue weighted by Gasteiger charge is -2.17. The van der Waals surface area contributed by atoms with Crippen LogP contribution in [0.5, 0.6) is 11.5 Å². The molecule has 1 amide bonds. The number of methoxy groups -OCH3 is 2. The van der Waals surface area contributed by atoms with Gasteiger partial charge in [-0.3, -0.25) is 9.69 Å². The summed E-state index contributed by atoms with van der Waals surface area (Å²) in [5, 5.41) is 2.37. The second kappa shape index (κ2) is 8.43. The van der Waals surface area contributed by atoms with Crippen LogP contribution in [0.25, 0.3) is 0 Å². The summed E-state index contributed by atoms with van der Waals surface area (Å²) in [6, 6.07) is 8.37. The minimum atomic E-state index is -0.683. The second-order valence-corrected chi connectivity index (χ2v) is 5.53. The Morgan fingerprint density at radius 2 is 1.80 bits per heavy atom. The molecule has 0 heterocycles. The van der Waals surface area contributed by atoms with Crippen molar-refractivity contribution in [1.29, 1.82) is 0 Å². The molecule has 7 heteroatoms. The first-order valence-corrected chi connectivity index (χ1v) is 7.57. The monoisotopic (exact) mass is 350 g/mol. The van der Waals surface area contributed by atoms with Crippen LogP contribution in [0.1, 0.15) is 5.56 Å². The minimum Gasteiger partial charge on any atom is -0.493 e. The van der Waals surface area contributed by atoms with Gasteiger partial charge in [0.2, 0.25) is 5.91 Å². The molecule has 134 valence electrons. The summed E-state index contributed by atoms with van der Waals surface area (Å²) in [5.74, 6) is -0.520. The summed E-state index contributed by atoms with van der Waals surface area (Å²) in [4.78, 5) is 13.8. The van der Waals surface area contributed by atoms with E-state index >= 15 is 0 Å². The fraction of sp³-hybridized carbons (Fsp3) is 0.278. The van der Waals surface area contributed by atoms with Gasteiger partial charge in [0.05, 0.1) is 26.5 Å². The Morgan fingerprint density at radius 1 is 1.08 bits per heavy atom. The Kier molecular flexibility index (Phi) is 6.30. The number of carbonyl (C=O) groups excluding carboxylic acids is 1. The first-order chi connectivity index (χ1) is 11.9. The molecule has 0 atom stereocenters. The summed E-state index contributed by atoms with van der Waals surface area (Å²) < 4.78 is 37.1. The van der Waals surface area contributed by atoms with E-state index in [1.807, 2.05) is 12.1 Å². The largest absolute Gasteiger partial charge is 0.493 e. The Labute approximate surface area is 145 Å². The molecule has 0 radical (unpaired) electrons. The highest BCUT2D eigenvalue weighted by Gasteiger charge is 2.12. The predicted molar refractivity (Wildman–Crippen MR) is 90.9 cm³/mol. The lowest BCUT2D eigenvalue weighted by Crippen LogP contribution is -2.30. The van der Waals surface area contributed by atoms with Crippen molar-refractivity contribution in [3.63, 3.8) is 0 Å². The topological polar surface area (TPSA) is 50.8 Å². The molecule has 0 aliphatic rings. The molecule has 0 aliphatic carbocycles. The number of hydrogen-bond donors (Lipinski definition) is 1. The molecule has 5 nitrogen and oxygen atoms in total. The maximum absolute atomic E-state index is 13.5. The lowest BCUT2D eigenvalue weighted by atomic mass is 10.2. The first-order valence-electron chi connectivity index (χ1n) is 7.57. The number of ether oxygens (including phenoxy) is 2. The summed E-state index contributed by atoms with van der Waals surface area (Å²) in [5.41, 5.74) is 0.745. The average molecular weight is 350 g/mol. The van der Waals surface area contributed by atoms with E-state index in [0.717, 1.165) is 23.8 Å². The Bertz CT molecular complexity index is 753. The molecule has 2 aromatic carbocycles. The van der Waals surface area contributed by atoms with E-state index in [0.29, 0.717) is 18.0 Å². The standard InChI is InChI=1S/C18H20F2N2O3/c1-22(10-12-4-7-16(24-2)17(8-12)25-3)11-18(23)21-15-9-13(19)5-6-14(15)20/h4-9H,10-11H2,1-3H3,(H,21,23). The van der Waals surface area contributed by atoms with Crippen LogP contribution in [0, 0.1) is 11.6 Å². The third-order valence-corrected chi connectivity index (χ3v) is 3.52. The molecule has 0 saturated carbocycles. The fourth-order valence-electron chi connectivity index (χ4n) is 2.37. The molecule has 0 saturated heterocycles. The molecular formula is C18H20F2N2O3. The van der Waals surface area contributed by atoms with Gasteiger partial charge in [0.1, 0.15) is 11.6 Å². The third-order valence-electron chi connectivity index (χ3n) is 3.52. The molecule has 0 unspecified atom stereocenters. The van der Waals surface area contributed by atoms with Gasteiger partial charge >= 0.3 is 0 Å². The highest BCUT2D eigenvalue weighted by Crippen LogP contribution is 2.27. The molecule has 0 bridgehead atoms. The van der Waals surface area contributed by atoms with Gasteiger partial charge in [-0.15, -0.1) is 0 Å². The van der Waals surface area contributed by atoms with Crippen LogP contribution >= 0.6 is 0 Å². The number of halogens is 2. The Hall–Kier alpha value is -2.67. The Balaban J connectivity index is 1.96. The van der Waals surface area contributed by atoms with Gasteiger partial charge in [0, 0.05) is 12.6 Å². The Morgan fingerprint density at radius 3 is 2.48 bits per heavy atom. The molecule has 0 aliphatic heterocycles. The normalized spacial score (nSPS) is 10.6. The van der Waals surface area contributed by atoms with Crippen LogP contribution in [-0.4, -0.2) is 38.6 Å². The summed E-state index contributed by atoms with van der Waals surface area (Å²) in [7, 11) is 4.85. The van der Waals surface area contributed by atoms with Gasteiger partial charge in [0.15, 0.2) is 11.5 Å².